The van der Waals surface area contributed by atoms with Gasteiger partial charge in [-0.3, -0.25) is 9.59 Å². The summed E-state index contributed by atoms with van der Waals surface area (Å²) in [6.45, 7) is 16.0. The second-order valence-corrected chi connectivity index (χ2v) is 14.3. The lowest BCUT2D eigenvalue weighted by Gasteiger charge is -2.61. The molecule has 0 spiro atoms. The first-order valence-corrected chi connectivity index (χ1v) is 13.3. The van der Waals surface area contributed by atoms with Crippen LogP contribution in [0.15, 0.2) is 0 Å². The lowest BCUT2D eigenvalue weighted by molar-refractivity contribution is -0.160. The summed E-state index contributed by atoms with van der Waals surface area (Å²) in [5.41, 5.74) is 0.399. The lowest BCUT2D eigenvalue weighted by Crippen LogP contribution is -2.61. The monoisotopic (exact) mass is 444 g/mol. The number of hydrogen-bond acceptors (Lipinski definition) is 2. The summed E-state index contributed by atoms with van der Waals surface area (Å²) in [7, 11) is 2.03. The summed E-state index contributed by atoms with van der Waals surface area (Å²) < 4.78 is 0. The van der Waals surface area contributed by atoms with Crippen molar-refractivity contribution in [3.8, 4) is 0 Å². The van der Waals surface area contributed by atoms with Crippen molar-refractivity contribution in [2.45, 2.75) is 118 Å². The van der Waals surface area contributed by atoms with Crippen LogP contribution in [0, 0.1) is 39.9 Å². The Morgan fingerprint density at radius 1 is 0.969 bits per heavy atom. The van der Waals surface area contributed by atoms with Crippen molar-refractivity contribution in [3.05, 3.63) is 0 Å². The second kappa shape index (κ2) is 7.73. The summed E-state index contributed by atoms with van der Waals surface area (Å²) in [5.74, 6) is 2.86. The number of hydrogen-bond donors (Lipinski definition) is 1. The van der Waals surface area contributed by atoms with E-state index in [1.54, 1.807) is 0 Å². The second-order valence-electron chi connectivity index (χ2n) is 14.3. The van der Waals surface area contributed by atoms with Gasteiger partial charge in [0, 0.05) is 31.0 Å². The maximum Gasteiger partial charge on any atom is 0.224 e. The molecule has 32 heavy (non-hydrogen) atoms. The minimum atomic E-state index is -0.175. The zero-order chi connectivity index (χ0) is 23.7. The summed E-state index contributed by atoms with van der Waals surface area (Å²) in [6.07, 6.45) is 9.74. The molecule has 4 nitrogen and oxygen atoms in total. The van der Waals surface area contributed by atoms with Crippen LogP contribution >= 0.6 is 0 Å². The molecule has 1 N–H and O–H groups in total. The minimum Gasteiger partial charge on any atom is -0.351 e. The number of amides is 2. The van der Waals surface area contributed by atoms with Crippen LogP contribution in [0.3, 0.4) is 0 Å². The molecule has 0 bridgehead atoms. The van der Waals surface area contributed by atoms with E-state index in [1.165, 1.54) is 19.3 Å². The van der Waals surface area contributed by atoms with E-state index in [4.69, 9.17) is 0 Å². The Balaban J connectivity index is 1.51. The van der Waals surface area contributed by atoms with Crippen LogP contribution < -0.4 is 5.32 Å². The molecule has 3 aliphatic carbocycles. The molecule has 1 aliphatic heterocycles. The summed E-state index contributed by atoms with van der Waals surface area (Å²) in [4.78, 5) is 28.0. The van der Waals surface area contributed by atoms with Crippen LogP contribution in [0.1, 0.15) is 106 Å². The number of piperidine rings is 1. The number of rotatable bonds is 3. The fourth-order valence-corrected chi connectivity index (χ4v) is 9.37. The van der Waals surface area contributed by atoms with Crippen molar-refractivity contribution in [1.29, 1.82) is 0 Å². The predicted octanol–water partition coefficient (Wildman–Crippen LogP) is 5.80. The third-order valence-corrected chi connectivity index (χ3v) is 10.3. The van der Waals surface area contributed by atoms with E-state index < -0.39 is 0 Å². The average molecular weight is 445 g/mol. The van der Waals surface area contributed by atoms with Crippen LogP contribution in [-0.2, 0) is 9.59 Å². The SMILES string of the molecule is CN1C(=O)CC[C@]2(C)[C@H]3CC[C@]4(C)[C@@H](C(=O)NC(C)(C)CC(C)(C)C)CC[C@H]4[C@@H]3CC[C@@H]12. The van der Waals surface area contributed by atoms with E-state index in [1.807, 2.05) is 7.05 Å². The first-order chi connectivity index (χ1) is 14.7. The van der Waals surface area contributed by atoms with Gasteiger partial charge in [-0.15, -0.1) is 0 Å². The van der Waals surface area contributed by atoms with Gasteiger partial charge in [-0.05, 0) is 99.2 Å². The molecule has 0 unspecified atom stereocenters. The van der Waals surface area contributed by atoms with E-state index in [-0.39, 0.29) is 27.7 Å². The molecule has 2 amide bonds. The Bertz CT molecular complexity index is 768. The van der Waals surface area contributed by atoms with Gasteiger partial charge in [-0.25, -0.2) is 0 Å². The van der Waals surface area contributed by atoms with Gasteiger partial charge in [-0.1, -0.05) is 34.6 Å². The van der Waals surface area contributed by atoms with Gasteiger partial charge in [0.05, 0.1) is 0 Å². The quantitative estimate of drug-likeness (QED) is 0.598. The summed E-state index contributed by atoms with van der Waals surface area (Å²) >= 11 is 0. The molecule has 4 heteroatoms. The van der Waals surface area contributed by atoms with Gasteiger partial charge < -0.3 is 10.2 Å². The van der Waals surface area contributed by atoms with Crippen molar-refractivity contribution in [3.63, 3.8) is 0 Å². The van der Waals surface area contributed by atoms with Gasteiger partial charge in [0.25, 0.3) is 0 Å². The van der Waals surface area contributed by atoms with Crippen molar-refractivity contribution in [2.75, 3.05) is 7.05 Å². The molecular weight excluding hydrogens is 396 g/mol. The molecule has 0 aromatic carbocycles. The van der Waals surface area contributed by atoms with Gasteiger partial charge in [0.2, 0.25) is 11.8 Å². The Morgan fingerprint density at radius 2 is 1.62 bits per heavy atom. The van der Waals surface area contributed by atoms with E-state index in [0.29, 0.717) is 36.1 Å². The highest BCUT2D eigenvalue weighted by Crippen LogP contribution is 2.66. The fraction of sp³-hybridized carbons (Fsp3) is 0.929. The molecule has 4 fully saturated rings. The fourth-order valence-electron chi connectivity index (χ4n) is 9.37. The highest BCUT2D eigenvalue weighted by atomic mass is 16.2. The van der Waals surface area contributed by atoms with Crippen LogP contribution in [0.5, 0.6) is 0 Å². The molecule has 4 rings (SSSR count). The Labute approximate surface area is 196 Å². The maximum absolute atomic E-state index is 13.6. The first kappa shape index (κ1) is 24.1. The Kier molecular flexibility index (Phi) is 5.82. The number of fused-ring (bicyclic) bond motifs is 5. The Hall–Kier alpha value is -1.06. The van der Waals surface area contributed by atoms with Crippen LogP contribution in [0.25, 0.3) is 0 Å². The van der Waals surface area contributed by atoms with Gasteiger partial charge in [0.1, 0.15) is 0 Å². The summed E-state index contributed by atoms with van der Waals surface area (Å²) in [6, 6.07) is 0.410. The van der Waals surface area contributed by atoms with Crippen LogP contribution in [-0.4, -0.2) is 35.3 Å². The normalized spacial score (nSPS) is 42.2. The summed E-state index contributed by atoms with van der Waals surface area (Å²) in [5, 5.41) is 3.47. The molecule has 182 valence electrons. The number of likely N-dealkylation sites (tertiary alicyclic amines) is 1. The standard InChI is InChI=1S/C28H48N2O2/c1-25(2,3)17-26(4,5)29-24(32)21-11-10-19-18-9-12-22-28(7,16-14-23(31)30(22)8)20(18)13-15-27(19,21)6/h18-22H,9-17H2,1-8H3,(H,29,32)/t18-,19-,20-,21+,22+,27-,28+/m0/s1. The average Bonchev–Trinajstić information content (AvgIpc) is 3.00. The topological polar surface area (TPSA) is 49.4 Å². The number of carbonyl (C=O) groups is 2. The third-order valence-electron chi connectivity index (χ3n) is 10.3. The van der Waals surface area contributed by atoms with E-state index in [0.717, 1.165) is 38.0 Å². The maximum atomic E-state index is 13.6. The molecule has 0 aromatic rings. The highest BCUT2D eigenvalue weighted by molar-refractivity contribution is 5.80. The third kappa shape index (κ3) is 3.92. The molecule has 0 radical (unpaired) electrons. The number of carbonyl (C=O) groups excluding carboxylic acids is 2. The number of nitrogens with one attached hydrogen (secondary N) is 1. The molecular formula is C28H48N2O2. The van der Waals surface area contributed by atoms with Crippen molar-refractivity contribution >= 4 is 11.8 Å². The van der Waals surface area contributed by atoms with Gasteiger partial charge in [0.15, 0.2) is 0 Å². The first-order valence-electron chi connectivity index (χ1n) is 13.3. The zero-order valence-corrected chi connectivity index (χ0v) is 22.0. The molecule has 1 heterocycles. The van der Waals surface area contributed by atoms with E-state index in [9.17, 15) is 9.59 Å². The van der Waals surface area contributed by atoms with Crippen molar-refractivity contribution < 1.29 is 9.59 Å². The number of nitrogens with zero attached hydrogens (tertiary/aromatic N) is 1. The van der Waals surface area contributed by atoms with Gasteiger partial charge in [-0.2, -0.15) is 0 Å². The lowest BCUT2D eigenvalue weighted by atomic mass is 9.47. The minimum absolute atomic E-state index is 0.128. The van der Waals surface area contributed by atoms with E-state index in [2.05, 4.69) is 58.7 Å². The van der Waals surface area contributed by atoms with Gasteiger partial charge >= 0.3 is 0 Å². The highest BCUT2D eigenvalue weighted by Gasteiger charge is 2.62. The smallest absolute Gasteiger partial charge is 0.224 e. The molecule has 1 saturated heterocycles. The largest absolute Gasteiger partial charge is 0.351 e. The molecule has 7 atom stereocenters. The van der Waals surface area contributed by atoms with E-state index >= 15 is 0 Å². The van der Waals surface area contributed by atoms with Crippen LogP contribution in [0.2, 0.25) is 0 Å². The Morgan fingerprint density at radius 3 is 2.28 bits per heavy atom. The molecule has 0 aromatic heterocycles. The van der Waals surface area contributed by atoms with Crippen molar-refractivity contribution in [2.24, 2.45) is 39.9 Å². The van der Waals surface area contributed by atoms with Crippen molar-refractivity contribution in [1.82, 2.24) is 10.2 Å². The van der Waals surface area contributed by atoms with Crippen LogP contribution in [0.4, 0.5) is 0 Å². The molecule has 3 saturated carbocycles. The molecule has 4 aliphatic rings. The predicted molar refractivity (Wildman–Crippen MR) is 130 cm³/mol. The zero-order valence-electron chi connectivity index (χ0n) is 22.0.